The van der Waals surface area contributed by atoms with Crippen LogP contribution in [0.2, 0.25) is 0 Å². The lowest BCUT2D eigenvalue weighted by Gasteiger charge is -2.11. The second kappa shape index (κ2) is 7.03. The molecule has 1 amide bonds. The minimum atomic E-state index is -3.40. The van der Waals surface area contributed by atoms with E-state index in [1.54, 1.807) is 6.92 Å². The van der Waals surface area contributed by atoms with Crippen molar-refractivity contribution in [2.45, 2.75) is 24.3 Å². The van der Waals surface area contributed by atoms with Crippen molar-refractivity contribution in [3.63, 3.8) is 0 Å². The Hall–Kier alpha value is -1.91. The maximum absolute atomic E-state index is 12.0. The highest BCUT2D eigenvalue weighted by molar-refractivity contribution is 7.91. The molecule has 0 heterocycles. The number of nitriles is 1. The van der Waals surface area contributed by atoms with Crippen LogP contribution in [0.3, 0.4) is 0 Å². The molecule has 7 heteroatoms. The van der Waals surface area contributed by atoms with E-state index in [0.717, 1.165) is 0 Å². The first-order valence-corrected chi connectivity index (χ1v) is 7.75. The largest absolute Gasteiger partial charge is 0.370 e. The number of sulfone groups is 1. The zero-order valence-electron chi connectivity index (χ0n) is 11.2. The summed E-state index contributed by atoms with van der Waals surface area (Å²) in [5.41, 5.74) is 5.46. The second-order valence-corrected chi connectivity index (χ2v) is 6.59. The number of nitrogens with two attached hydrogens (primary N) is 1. The monoisotopic (exact) mass is 295 g/mol. The third-order valence-corrected chi connectivity index (χ3v) is 4.45. The van der Waals surface area contributed by atoms with E-state index < -0.39 is 15.7 Å². The van der Waals surface area contributed by atoms with E-state index in [0.29, 0.717) is 5.56 Å². The molecule has 0 saturated heterocycles. The number of rotatable bonds is 7. The molecule has 0 radical (unpaired) electrons. The fourth-order valence-electron chi connectivity index (χ4n) is 1.67. The molecule has 1 aromatic rings. The van der Waals surface area contributed by atoms with Crippen LogP contribution in [0, 0.1) is 11.3 Å². The van der Waals surface area contributed by atoms with E-state index in [1.165, 1.54) is 24.3 Å². The summed E-state index contributed by atoms with van der Waals surface area (Å²) in [6.45, 7) is 2.00. The van der Waals surface area contributed by atoms with Gasteiger partial charge in [-0.25, -0.2) is 8.42 Å². The highest BCUT2D eigenvalue weighted by atomic mass is 32.2. The van der Waals surface area contributed by atoms with Crippen LogP contribution in [0.15, 0.2) is 29.2 Å². The molecule has 0 aliphatic rings. The molecule has 0 saturated carbocycles. The van der Waals surface area contributed by atoms with Gasteiger partial charge >= 0.3 is 0 Å². The number of nitrogens with zero attached hydrogens (tertiary/aromatic N) is 1. The lowest BCUT2D eigenvalue weighted by Crippen LogP contribution is -2.34. The molecule has 1 rings (SSSR count). The molecular formula is C13H17N3O3S. The first-order chi connectivity index (χ1) is 9.35. The van der Waals surface area contributed by atoms with Crippen LogP contribution in [0.4, 0.5) is 0 Å². The zero-order chi connectivity index (χ0) is 15.2. The summed E-state index contributed by atoms with van der Waals surface area (Å²) in [5, 5.41) is 11.6. The van der Waals surface area contributed by atoms with Crippen LogP contribution < -0.4 is 11.1 Å². The van der Waals surface area contributed by atoms with E-state index >= 15 is 0 Å². The summed E-state index contributed by atoms with van der Waals surface area (Å²) in [7, 11) is -3.40. The number of hydrogen-bond acceptors (Lipinski definition) is 5. The maximum atomic E-state index is 12.0. The van der Waals surface area contributed by atoms with Crippen LogP contribution in [0.25, 0.3) is 0 Å². The quantitative estimate of drug-likeness (QED) is 0.745. The smallest absolute Gasteiger partial charge is 0.218 e. The number of nitrogens with one attached hydrogen (secondary N) is 1. The van der Waals surface area contributed by atoms with Crippen molar-refractivity contribution in [3.8, 4) is 6.07 Å². The van der Waals surface area contributed by atoms with E-state index in [4.69, 9.17) is 11.0 Å². The molecule has 1 aromatic carbocycles. The van der Waals surface area contributed by atoms with Gasteiger partial charge in [-0.1, -0.05) is 0 Å². The Bertz CT molecular complexity index is 603. The van der Waals surface area contributed by atoms with Crippen LogP contribution in [-0.4, -0.2) is 32.7 Å². The summed E-state index contributed by atoms with van der Waals surface area (Å²) in [5.74, 6) is -0.512. The number of hydrogen-bond donors (Lipinski definition) is 2. The first kappa shape index (κ1) is 16.1. The zero-order valence-corrected chi connectivity index (χ0v) is 12.0. The van der Waals surface area contributed by atoms with Gasteiger partial charge in [0.05, 0.1) is 22.3 Å². The molecule has 1 unspecified atom stereocenters. The summed E-state index contributed by atoms with van der Waals surface area (Å²) in [4.78, 5) is 10.9. The van der Waals surface area contributed by atoms with Gasteiger partial charge in [-0.15, -0.1) is 0 Å². The van der Waals surface area contributed by atoms with E-state index in [-0.39, 0.29) is 29.7 Å². The predicted molar refractivity (Wildman–Crippen MR) is 74.5 cm³/mol. The Labute approximate surface area is 118 Å². The third kappa shape index (κ3) is 4.99. The normalized spacial score (nSPS) is 12.6. The van der Waals surface area contributed by atoms with Gasteiger partial charge < -0.3 is 11.1 Å². The van der Waals surface area contributed by atoms with Gasteiger partial charge in [0.25, 0.3) is 0 Å². The molecule has 108 valence electrons. The predicted octanol–water partition coefficient (Wildman–Crippen LogP) is 0.185. The van der Waals surface area contributed by atoms with Gasteiger partial charge in [0.1, 0.15) is 0 Å². The molecule has 6 nitrogen and oxygen atoms in total. The average molecular weight is 295 g/mol. The average Bonchev–Trinajstić information content (AvgIpc) is 2.37. The molecule has 20 heavy (non-hydrogen) atoms. The number of primary amides is 1. The van der Waals surface area contributed by atoms with Gasteiger partial charge in [-0.2, -0.15) is 5.26 Å². The standard InChI is InChI=1S/C13H17N3O3S/c1-10(8-13(15)17)16-6-7-20(18,19)12-4-2-11(9-14)3-5-12/h2-5,10,16H,6-8H2,1H3,(H2,15,17). The minimum Gasteiger partial charge on any atom is -0.370 e. The molecule has 0 bridgehead atoms. The van der Waals surface area contributed by atoms with Crippen molar-refractivity contribution < 1.29 is 13.2 Å². The Morgan fingerprint density at radius 3 is 2.50 bits per heavy atom. The van der Waals surface area contributed by atoms with Crippen molar-refractivity contribution in [3.05, 3.63) is 29.8 Å². The van der Waals surface area contributed by atoms with Crippen LogP contribution in [0.1, 0.15) is 18.9 Å². The fourth-order valence-corrected chi connectivity index (χ4v) is 2.84. The highest BCUT2D eigenvalue weighted by Crippen LogP contribution is 2.11. The summed E-state index contributed by atoms with van der Waals surface area (Å²) in [6.07, 6.45) is 0.164. The summed E-state index contributed by atoms with van der Waals surface area (Å²) >= 11 is 0. The lowest BCUT2D eigenvalue weighted by molar-refractivity contribution is -0.118. The maximum Gasteiger partial charge on any atom is 0.218 e. The molecule has 0 spiro atoms. The molecular weight excluding hydrogens is 278 g/mol. The number of carbonyl (C=O) groups is 1. The van der Waals surface area contributed by atoms with Gasteiger partial charge in [0, 0.05) is 19.0 Å². The molecule has 0 fully saturated rings. The van der Waals surface area contributed by atoms with Crippen LogP contribution >= 0.6 is 0 Å². The van der Waals surface area contributed by atoms with Crippen LogP contribution in [0.5, 0.6) is 0 Å². The van der Waals surface area contributed by atoms with Gasteiger partial charge in [-0.3, -0.25) is 4.79 Å². The van der Waals surface area contributed by atoms with Crippen molar-refractivity contribution in [1.29, 1.82) is 5.26 Å². The van der Waals surface area contributed by atoms with E-state index in [2.05, 4.69) is 5.32 Å². The Morgan fingerprint density at radius 2 is 2.00 bits per heavy atom. The van der Waals surface area contributed by atoms with Gasteiger partial charge in [0.15, 0.2) is 9.84 Å². The van der Waals surface area contributed by atoms with E-state index in [1.807, 2.05) is 6.07 Å². The number of amides is 1. The molecule has 0 aromatic heterocycles. The SMILES string of the molecule is CC(CC(N)=O)NCCS(=O)(=O)c1ccc(C#N)cc1. The molecule has 3 N–H and O–H groups in total. The Kier molecular flexibility index (Phi) is 5.67. The highest BCUT2D eigenvalue weighted by Gasteiger charge is 2.14. The Morgan fingerprint density at radius 1 is 1.40 bits per heavy atom. The lowest BCUT2D eigenvalue weighted by atomic mass is 10.2. The van der Waals surface area contributed by atoms with E-state index in [9.17, 15) is 13.2 Å². The molecule has 0 aliphatic carbocycles. The first-order valence-electron chi connectivity index (χ1n) is 6.10. The summed E-state index contributed by atoms with van der Waals surface area (Å²) in [6, 6.07) is 7.54. The second-order valence-electron chi connectivity index (χ2n) is 4.48. The number of benzene rings is 1. The van der Waals surface area contributed by atoms with Crippen molar-refractivity contribution >= 4 is 15.7 Å². The minimum absolute atomic E-state index is 0.0813. The molecule has 0 aliphatic heterocycles. The summed E-state index contributed by atoms with van der Waals surface area (Å²) < 4.78 is 24.0. The Balaban J connectivity index is 2.57. The van der Waals surface area contributed by atoms with Crippen molar-refractivity contribution in [1.82, 2.24) is 5.32 Å². The van der Waals surface area contributed by atoms with Gasteiger partial charge in [0.2, 0.25) is 5.91 Å². The topological polar surface area (TPSA) is 113 Å². The van der Waals surface area contributed by atoms with Crippen LogP contribution in [-0.2, 0) is 14.6 Å². The molecule has 1 atom stereocenters. The fraction of sp³-hybridized carbons (Fsp3) is 0.385. The van der Waals surface area contributed by atoms with Crippen molar-refractivity contribution in [2.24, 2.45) is 5.73 Å². The number of carbonyl (C=O) groups excluding carboxylic acids is 1. The van der Waals surface area contributed by atoms with Gasteiger partial charge in [-0.05, 0) is 31.2 Å². The third-order valence-electron chi connectivity index (χ3n) is 2.71. The van der Waals surface area contributed by atoms with Crippen molar-refractivity contribution in [2.75, 3.05) is 12.3 Å².